The molecule has 3 aromatic carbocycles. The van der Waals surface area contributed by atoms with Gasteiger partial charge in [0.05, 0.1) is 25.5 Å². The monoisotopic (exact) mass is 400 g/mol. The van der Waals surface area contributed by atoms with Crippen LogP contribution in [0.2, 0.25) is 0 Å². The molecule has 1 aliphatic rings. The molecule has 30 heavy (non-hydrogen) atoms. The highest BCUT2D eigenvalue weighted by molar-refractivity contribution is 6.46. The average Bonchev–Trinajstić information content (AvgIpc) is 3.03. The number of rotatable bonds is 6. The van der Waals surface area contributed by atoms with Crippen molar-refractivity contribution >= 4 is 28.8 Å². The molecule has 0 unspecified atom stereocenters. The molecule has 1 aliphatic heterocycles. The molecular weight excluding hydrogens is 380 g/mol. The van der Waals surface area contributed by atoms with Crippen LogP contribution in [0.25, 0.3) is 5.57 Å². The van der Waals surface area contributed by atoms with E-state index in [9.17, 15) is 9.59 Å². The van der Waals surface area contributed by atoms with Crippen molar-refractivity contribution in [2.45, 2.75) is 0 Å². The Hall–Kier alpha value is -4.06. The Morgan fingerprint density at radius 2 is 1.30 bits per heavy atom. The number of methoxy groups -OCH3 is 2. The van der Waals surface area contributed by atoms with Crippen molar-refractivity contribution in [2.24, 2.45) is 0 Å². The molecule has 0 aromatic heterocycles. The van der Waals surface area contributed by atoms with Gasteiger partial charge < -0.3 is 14.8 Å². The van der Waals surface area contributed by atoms with Gasteiger partial charge in [-0.15, -0.1) is 0 Å². The number of ether oxygens (including phenoxy) is 2. The summed E-state index contributed by atoms with van der Waals surface area (Å²) in [6.07, 6.45) is 0. The lowest BCUT2D eigenvalue weighted by atomic mass is 10.0. The van der Waals surface area contributed by atoms with E-state index in [1.54, 1.807) is 42.5 Å². The van der Waals surface area contributed by atoms with Gasteiger partial charge in [0.25, 0.3) is 11.8 Å². The number of anilines is 2. The third kappa shape index (κ3) is 3.28. The van der Waals surface area contributed by atoms with Crippen LogP contribution >= 0.6 is 0 Å². The van der Waals surface area contributed by atoms with Crippen molar-refractivity contribution in [2.75, 3.05) is 24.4 Å². The quantitative estimate of drug-likeness (QED) is 0.631. The average molecular weight is 400 g/mol. The number of amides is 2. The normalized spacial score (nSPS) is 13.6. The molecule has 0 atom stereocenters. The first-order chi connectivity index (χ1) is 14.7. The van der Waals surface area contributed by atoms with Crippen LogP contribution in [0.4, 0.5) is 11.4 Å². The second-order valence-electron chi connectivity index (χ2n) is 6.56. The van der Waals surface area contributed by atoms with Crippen LogP contribution in [0, 0.1) is 0 Å². The number of para-hydroxylation sites is 4. The fourth-order valence-corrected chi connectivity index (χ4v) is 3.45. The molecule has 0 fully saturated rings. The predicted octanol–water partition coefficient (Wildman–Crippen LogP) is 4.10. The van der Waals surface area contributed by atoms with Crippen LogP contribution in [-0.4, -0.2) is 26.0 Å². The van der Waals surface area contributed by atoms with Crippen molar-refractivity contribution in [3.8, 4) is 11.5 Å². The van der Waals surface area contributed by atoms with E-state index >= 15 is 0 Å². The summed E-state index contributed by atoms with van der Waals surface area (Å²) in [5.74, 6) is 0.0177. The van der Waals surface area contributed by atoms with E-state index in [2.05, 4.69) is 5.32 Å². The summed E-state index contributed by atoms with van der Waals surface area (Å²) in [7, 11) is 3.03. The van der Waals surface area contributed by atoms with Gasteiger partial charge in [0, 0.05) is 11.3 Å². The smallest absolute Gasteiger partial charge is 0.282 e. The Labute approximate surface area is 174 Å². The van der Waals surface area contributed by atoms with E-state index in [1.807, 2.05) is 36.4 Å². The summed E-state index contributed by atoms with van der Waals surface area (Å²) in [6.45, 7) is 0. The number of carbonyl (C=O) groups is 2. The summed E-state index contributed by atoms with van der Waals surface area (Å²) in [6, 6.07) is 23.3. The summed E-state index contributed by atoms with van der Waals surface area (Å²) in [4.78, 5) is 28.1. The Bertz CT molecular complexity index is 1140. The molecule has 0 aliphatic carbocycles. The first-order valence-corrected chi connectivity index (χ1v) is 9.37. The molecule has 0 bridgehead atoms. The van der Waals surface area contributed by atoms with Gasteiger partial charge in [-0.2, -0.15) is 0 Å². The third-order valence-corrected chi connectivity index (χ3v) is 4.83. The summed E-state index contributed by atoms with van der Waals surface area (Å²) in [5.41, 5.74) is 2.04. The maximum Gasteiger partial charge on any atom is 0.282 e. The Morgan fingerprint density at radius 1 is 0.700 bits per heavy atom. The first kappa shape index (κ1) is 19.3. The van der Waals surface area contributed by atoms with Gasteiger partial charge in [0.15, 0.2) is 0 Å². The lowest BCUT2D eigenvalue weighted by molar-refractivity contribution is -0.120. The molecule has 1 N–H and O–H groups in total. The lowest BCUT2D eigenvalue weighted by Gasteiger charge is -2.18. The maximum absolute atomic E-state index is 13.5. The molecule has 0 spiro atoms. The van der Waals surface area contributed by atoms with Crippen LogP contribution < -0.4 is 19.7 Å². The van der Waals surface area contributed by atoms with Crippen molar-refractivity contribution in [1.82, 2.24) is 0 Å². The number of benzene rings is 3. The van der Waals surface area contributed by atoms with E-state index in [0.717, 1.165) is 4.90 Å². The number of hydrogen-bond donors (Lipinski definition) is 1. The molecule has 2 amide bonds. The predicted molar refractivity (Wildman–Crippen MR) is 115 cm³/mol. The molecule has 6 nitrogen and oxygen atoms in total. The van der Waals surface area contributed by atoms with Crippen molar-refractivity contribution in [3.63, 3.8) is 0 Å². The molecular formula is C24H20N2O4. The number of imide groups is 1. The highest BCUT2D eigenvalue weighted by Crippen LogP contribution is 2.39. The van der Waals surface area contributed by atoms with Crippen LogP contribution in [-0.2, 0) is 9.59 Å². The Kier molecular flexibility index (Phi) is 5.22. The largest absolute Gasteiger partial charge is 0.496 e. The highest BCUT2D eigenvalue weighted by atomic mass is 16.5. The fourth-order valence-electron chi connectivity index (χ4n) is 3.45. The Morgan fingerprint density at radius 3 is 2.00 bits per heavy atom. The number of nitrogens with one attached hydrogen (secondary N) is 1. The lowest BCUT2D eigenvalue weighted by Crippen LogP contribution is -2.32. The van der Waals surface area contributed by atoms with Crippen LogP contribution in [0.3, 0.4) is 0 Å². The minimum Gasteiger partial charge on any atom is -0.496 e. The second kappa shape index (κ2) is 8.13. The fraction of sp³-hybridized carbons (Fsp3) is 0.0833. The summed E-state index contributed by atoms with van der Waals surface area (Å²) >= 11 is 0. The van der Waals surface area contributed by atoms with Crippen molar-refractivity contribution in [1.29, 1.82) is 0 Å². The summed E-state index contributed by atoms with van der Waals surface area (Å²) in [5, 5.41) is 3.13. The third-order valence-electron chi connectivity index (χ3n) is 4.83. The number of hydrogen-bond acceptors (Lipinski definition) is 5. The molecule has 0 saturated heterocycles. The second-order valence-corrected chi connectivity index (χ2v) is 6.56. The van der Waals surface area contributed by atoms with E-state index in [4.69, 9.17) is 9.47 Å². The van der Waals surface area contributed by atoms with Gasteiger partial charge in [-0.1, -0.05) is 48.5 Å². The minimum atomic E-state index is -0.464. The maximum atomic E-state index is 13.5. The highest BCUT2D eigenvalue weighted by Gasteiger charge is 2.42. The molecule has 4 rings (SSSR count). The topological polar surface area (TPSA) is 67.9 Å². The van der Waals surface area contributed by atoms with E-state index in [1.165, 1.54) is 14.2 Å². The van der Waals surface area contributed by atoms with E-state index < -0.39 is 11.8 Å². The molecule has 1 heterocycles. The zero-order valence-electron chi connectivity index (χ0n) is 16.6. The molecule has 6 heteroatoms. The van der Waals surface area contributed by atoms with E-state index in [0.29, 0.717) is 28.4 Å². The van der Waals surface area contributed by atoms with Crippen molar-refractivity contribution < 1.29 is 19.1 Å². The number of nitrogens with zero attached hydrogens (tertiary/aromatic N) is 1. The van der Waals surface area contributed by atoms with Gasteiger partial charge in [-0.25, -0.2) is 4.90 Å². The summed E-state index contributed by atoms with van der Waals surface area (Å²) < 4.78 is 10.8. The standard InChI is InChI=1S/C24H20N2O4/c1-29-19-14-8-6-12-17(19)21-22(25-16-10-4-3-5-11-16)24(28)26(23(21)27)18-13-7-9-15-20(18)30-2/h3-15,25H,1-2H3. The molecule has 0 saturated carbocycles. The van der Waals surface area contributed by atoms with Gasteiger partial charge in [0.2, 0.25) is 0 Å². The first-order valence-electron chi connectivity index (χ1n) is 9.37. The van der Waals surface area contributed by atoms with E-state index in [-0.39, 0.29) is 11.3 Å². The van der Waals surface area contributed by atoms with Crippen LogP contribution in [0.5, 0.6) is 11.5 Å². The molecule has 150 valence electrons. The van der Waals surface area contributed by atoms with Crippen LogP contribution in [0.15, 0.2) is 84.6 Å². The van der Waals surface area contributed by atoms with Crippen molar-refractivity contribution in [3.05, 3.63) is 90.1 Å². The van der Waals surface area contributed by atoms with Gasteiger partial charge in [0.1, 0.15) is 17.2 Å². The minimum absolute atomic E-state index is 0.182. The zero-order chi connectivity index (χ0) is 21.1. The van der Waals surface area contributed by atoms with Gasteiger partial charge >= 0.3 is 0 Å². The number of carbonyl (C=O) groups excluding carboxylic acids is 2. The zero-order valence-corrected chi connectivity index (χ0v) is 16.6. The SMILES string of the molecule is COc1ccccc1C1=C(Nc2ccccc2)C(=O)N(c2ccccc2OC)C1=O. The molecule has 3 aromatic rings. The molecule has 0 radical (unpaired) electrons. The van der Waals surface area contributed by atoms with Crippen LogP contribution in [0.1, 0.15) is 5.56 Å². The van der Waals surface area contributed by atoms with Gasteiger partial charge in [-0.05, 0) is 30.3 Å². The Balaban J connectivity index is 1.88. The van der Waals surface area contributed by atoms with Gasteiger partial charge in [-0.3, -0.25) is 9.59 Å².